The molecule has 1 heterocycles. The second kappa shape index (κ2) is 2.92. The summed E-state index contributed by atoms with van der Waals surface area (Å²) in [5.74, 6) is 4.97. The van der Waals surface area contributed by atoms with Crippen LogP contribution in [0.3, 0.4) is 0 Å². The van der Waals surface area contributed by atoms with Crippen LogP contribution in [0.15, 0.2) is 28.9 Å². The van der Waals surface area contributed by atoms with E-state index in [2.05, 4.69) is 9.99 Å². The molecular weight excluding hydrogens is 156 g/mol. The van der Waals surface area contributed by atoms with E-state index in [0.717, 1.165) is 16.5 Å². The standard InChI is InChI=1S/C8H8N2O2/c9-11-5-6-2-1-3-8-7(6)4-10-12-8/h1-4H,5,9H2. The molecule has 0 spiro atoms. The van der Waals surface area contributed by atoms with E-state index < -0.39 is 0 Å². The van der Waals surface area contributed by atoms with Gasteiger partial charge < -0.3 is 4.52 Å². The monoisotopic (exact) mass is 164 g/mol. The van der Waals surface area contributed by atoms with Crippen LogP contribution in [-0.4, -0.2) is 5.16 Å². The van der Waals surface area contributed by atoms with Crippen molar-refractivity contribution in [2.24, 2.45) is 5.90 Å². The van der Waals surface area contributed by atoms with Gasteiger partial charge in [-0.2, -0.15) is 0 Å². The fourth-order valence-corrected chi connectivity index (χ4v) is 1.17. The maximum absolute atomic E-state index is 4.97. The van der Waals surface area contributed by atoms with Crippen molar-refractivity contribution in [3.8, 4) is 0 Å². The number of hydrogen-bond acceptors (Lipinski definition) is 4. The van der Waals surface area contributed by atoms with Crippen LogP contribution in [0.4, 0.5) is 0 Å². The summed E-state index contributed by atoms with van der Waals surface area (Å²) in [7, 11) is 0. The van der Waals surface area contributed by atoms with Crippen LogP contribution >= 0.6 is 0 Å². The van der Waals surface area contributed by atoms with E-state index in [1.165, 1.54) is 0 Å². The maximum atomic E-state index is 4.97. The van der Waals surface area contributed by atoms with Crippen LogP contribution in [0.1, 0.15) is 5.56 Å². The van der Waals surface area contributed by atoms with E-state index in [9.17, 15) is 0 Å². The second-order valence-electron chi connectivity index (χ2n) is 2.47. The molecule has 2 N–H and O–H groups in total. The Labute approximate surface area is 68.9 Å². The predicted molar refractivity (Wildman–Crippen MR) is 43.0 cm³/mol. The van der Waals surface area contributed by atoms with E-state index in [0.29, 0.717) is 6.61 Å². The average Bonchev–Trinajstić information content (AvgIpc) is 2.53. The number of aromatic nitrogens is 1. The SMILES string of the molecule is NOCc1cccc2oncc12. The minimum absolute atomic E-state index is 0.374. The third-order valence-electron chi connectivity index (χ3n) is 1.73. The Morgan fingerprint density at radius 1 is 1.50 bits per heavy atom. The highest BCUT2D eigenvalue weighted by molar-refractivity contribution is 5.79. The number of nitrogens with two attached hydrogens (primary N) is 1. The molecule has 0 aliphatic heterocycles. The third-order valence-corrected chi connectivity index (χ3v) is 1.73. The van der Waals surface area contributed by atoms with Gasteiger partial charge in [0, 0.05) is 5.39 Å². The lowest BCUT2D eigenvalue weighted by molar-refractivity contribution is 0.125. The molecule has 62 valence electrons. The highest BCUT2D eigenvalue weighted by atomic mass is 16.6. The van der Waals surface area contributed by atoms with E-state index in [4.69, 9.17) is 10.4 Å². The lowest BCUT2D eigenvalue weighted by atomic mass is 10.1. The first-order valence-corrected chi connectivity index (χ1v) is 3.56. The number of nitrogens with zero attached hydrogens (tertiary/aromatic N) is 1. The molecule has 1 aromatic carbocycles. The van der Waals surface area contributed by atoms with Crippen molar-refractivity contribution in [3.63, 3.8) is 0 Å². The lowest BCUT2D eigenvalue weighted by Crippen LogP contribution is -1.98. The normalized spacial score (nSPS) is 10.8. The van der Waals surface area contributed by atoms with Crippen LogP contribution in [0.5, 0.6) is 0 Å². The minimum Gasteiger partial charge on any atom is -0.356 e. The van der Waals surface area contributed by atoms with Gasteiger partial charge in [-0.15, -0.1) is 0 Å². The molecule has 4 nitrogen and oxygen atoms in total. The first-order valence-electron chi connectivity index (χ1n) is 3.56. The molecule has 2 aromatic rings. The quantitative estimate of drug-likeness (QED) is 0.678. The summed E-state index contributed by atoms with van der Waals surface area (Å²) < 4.78 is 4.96. The molecule has 0 fully saturated rings. The summed E-state index contributed by atoms with van der Waals surface area (Å²) in [5, 5.41) is 4.62. The first-order chi connectivity index (χ1) is 5.92. The molecule has 0 unspecified atom stereocenters. The smallest absolute Gasteiger partial charge is 0.167 e. The van der Waals surface area contributed by atoms with Gasteiger partial charge in [0.25, 0.3) is 0 Å². The van der Waals surface area contributed by atoms with Gasteiger partial charge in [-0.1, -0.05) is 17.3 Å². The molecule has 0 radical (unpaired) electrons. The van der Waals surface area contributed by atoms with Crippen LogP contribution in [0.2, 0.25) is 0 Å². The van der Waals surface area contributed by atoms with Gasteiger partial charge in [0.1, 0.15) is 0 Å². The van der Waals surface area contributed by atoms with E-state index in [1.54, 1.807) is 6.20 Å². The van der Waals surface area contributed by atoms with Gasteiger partial charge in [0.2, 0.25) is 0 Å². The highest BCUT2D eigenvalue weighted by Gasteiger charge is 2.02. The fourth-order valence-electron chi connectivity index (χ4n) is 1.17. The van der Waals surface area contributed by atoms with Crippen LogP contribution in [0.25, 0.3) is 11.0 Å². The molecule has 0 aliphatic rings. The molecule has 2 rings (SSSR count). The zero-order chi connectivity index (χ0) is 8.39. The lowest BCUT2D eigenvalue weighted by Gasteiger charge is -1.97. The molecule has 0 saturated carbocycles. The summed E-state index contributed by atoms with van der Waals surface area (Å²) in [6.07, 6.45) is 1.66. The van der Waals surface area contributed by atoms with Gasteiger partial charge in [-0.3, -0.25) is 4.84 Å². The predicted octanol–water partition coefficient (Wildman–Crippen LogP) is 1.22. The second-order valence-corrected chi connectivity index (χ2v) is 2.47. The molecule has 4 heteroatoms. The van der Waals surface area contributed by atoms with Crippen LogP contribution in [0, 0.1) is 0 Å². The number of fused-ring (bicyclic) bond motifs is 1. The number of benzene rings is 1. The Kier molecular flexibility index (Phi) is 1.77. The Morgan fingerprint density at radius 3 is 3.25 bits per heavy atom. The number of hydrogen-bond donors (Lipinski definition) is 1. The third kappa shape index (κ3) is 1.07. The van der Waals surface area contributed by atoms with Gasteiger partial charge in [-0.25, -0.2) is 5.90 Å². The van der Waals surface area contributed by atoms with Gasteiger partial charge in [0.05, 0.1) is 12.8 Å². The van der Waals surface area contributed by atoms with E-state index >= 15 is 0 Å². The minimum atomic E-state index is 0.374. The summed E-state index contributed by atoms with van der Waals surface area (Å²) in [6.45, 7) is 0.374. The summed E-state index contributed by atoms with van der Waals surface area (Å²) in [5.41, 5.74) is 1.74. The highest BCUT2D eigenvalue weighted by Crippen LogP contribution is 2.17. The molecule has 0 bridgehead atoms. The van der Waals surface area contributed by atoms with E-state index in [1.807, 2.05) is 18.2 Å². The van der Waals surface area contributed by atoms with Crippen molar-refractivity contribution in [1.29, 1.82) is 0 Å². The van der Waals surface area contributed by atoms with Gasteiger partial charge in [-0.05, 0) is 11.6 Å². The zero-order valence-corrected chi connectivity index (χ0v) is 6.36. The van der Waals surface area contributed by atoms with E-state index in [-0.39, 0.29) is 0 Å². The topological polar surface area (TPSA) is 61.3 Å². The Balaban J connectivity index is 2.57. The van der Waals surface area contributed by atoms with Crippen molar-refractivity contribution in [3.05, 3.63) is 30.0 Å². The summed E-state index contributed by atoms with van der Waals surface area (Å²) >= 11 is 0. The Bertz CT molecular complexity index is 383. The summed E-state index contributed by atoms with van der Waals surface area (Å²) in [6, 6.07) is 5.65. The molecule has 0 aliphatic carbocycles. The molecule has 0 saturated heterocycles. The van der Waals surface area contributed by atoms with Gasteiger partial charge in [0.15, 0.2) is 5.58 Å². The Morgan fingerprint density at radius 2 is 2.42 bits per heavy atom. The zero-order valence-electron chi connectivity index (χ0n) is 6.36. The largest absolute Gasteiger partial charge is 0.356 e. The van der Waals surface area contributed by atoms with Crippen molar-refractivity contribution < 1.29 is 9.36 Å². The van der Waals surface area contributed by atoms with Crippen LogP contribution in [-0.2, 0) is 11.4 Å². The van der Waals surface area contributed by atoms with Crippen molar-refractivity contribution in [1.82, 2.24) is 5.16 Å². The fraction of sp³-hybridized carbons (Fsp3) is 0.125. The van der Waals surface area contributed by atoms with Gasteiger partial charge >= 0.3 is 0 Å². The molecule has 1 aromatic heterocycles. The molecule has 12 heavy (non-hydrogen) atoms. The average molecular weight is 164 g/mol. The summed E-state index contributed by atoms with van der Waals surface area (Å²) in [4.78, 5) is 4.54. The maximum Gasteiger partial charge on any atom is 0.167 e. The van der Waals surface area contributed by atoms with Crippen molar-refractivity contribution in [2.45, 2.75) is 6.61 Å². The number of rotatable bonds is 2. The van der Waals surface area contributed by atoms with Crippen molar-refractivity contribution >= 4 is 11.0 Å². The molecule has 0 atom stereocenters. The molecule has 0 amide bonds. The Hall–Kier alpha value is -1.39. The van der Waals surface area contributed by atoms with Crippen LogP contribution < -0.4 is 5.90 Å². The van der Waals surface area contributed by atoms with Crippen molar-refractivity contribution in [2.75, 3.05) is 0 Å². The molecular formula is C8H8N2O2. The first kappa shape index (κ1) is 7.27.